The van der Waals surface area contributed by atoms with Crippen LogP contribution in [0.15, 0.2) is 28.1 Å². The Bertz CT molecular complexity index is 713. The summed E-state index contributed by atoms with van der Waals surface area (Å²) < 4.78 is 14.6. The summed E-state index contributed by atoms with van der Waals surface area (Å²) in [6.07, 6.45) is 0. The zero-order valence-corrected chi connectivity index (χ0v) is 15.2. The van der Waals surface area contributed by atoms with E-state index in [4.69, 9.17) is 0 Å². The Labute approximate surface area is 147 Å². The highest BCUT2D eigenvalue weighted by Crippen LogP contribution is 2.19. The zero-order chi connectivity index (χ0) is 16.4. The van der Waals surface area contributed by atoms with Crippen LogP contribution in [0.4, 0.5) is 4.39 Å². The molecule has 2 aromatic rings. The first kappa shape index (κ1) is 16.5. The van der Waals surface area contributed by atoms with Crippen LogP contribution in [0.1, 0.15) is 21.1 Å². The molecule has 23 heavy (non-hydrogen) atoms. The highest BCUT2D eigenvalue weighted by Gasteiger charge is 2.24. The molecule has 0 unspecified atom stereocenters. The zero-order valence-electron chi connectivity index (χ0n) is 12.8. The Balaban J connectivity index is 1.60. The van der Waals surface area contributed by atoms with Crippen molar-refractivity contribution in [3.8, 4) is 0 Å². The van der Waals surface area contributed by atoms with Crippen molar-refractivity contribution in [3.05, 3.63) is 50.1 Å². The Kier molecular flexibility index (Phi) is 5.08. The highest BCUT2D eigenvalue weighted by atomic mass is 79.9. The van der Waals surface area contributed by atoms with Gasteiger partial charge in [0.1, 0.15) is 5.82 Å². The second-order valence-corrected chi connectivity index (χ2v) is 7.53. The van der Waals surface area contributed by atoms with Gasteiger partial charge in [-0.3, -0.25) is 9.69 Å². The number of hydrogen-bond acceptors (Lipinski definition) is 4. The van der Waals surface area contributed by atoms with E-state index in [9.17, 15) is 9.18 Å². The number of benzene rings is 1. The molecular formula is C16H17BrFN3OS. The topological polar surface area (TPSA) is 36.4 Å². The molecule has 1 amide bonds. The number of halogens is 2. The van der Waals surface area contributed by atoms with Crippen LogP contribution in [0.5, 0.6) is 0 Å². The molecule has 122 valence electrons. The highest BCUT2D eigenvalue weighted by molar-refractivity contribution is 9.10. The number of hydrogen-bond donors (Lipinski definition) is 0. The number of nitrogens with zero attached hydrogens (tertiary/aromatic N) is 3. The molecule has 1 fully saturated rings. The maximum atomic E-state index is 13.9. The lowest BCUT2D eigenvalue weighted by Gasteiger charge is -2.34. The second kappa shape index (κ2) is 7.07. The van der Waals surface area contributed by atoms with E-state index in [-0.39, 0.29) is 11.5 Å². The van der Waals surface area contributed by atoms with Gasteiger partial charge < -0.3 is 4.90 Å². The lowest BCUT2D eigenvalue weighted by molar-refractivity contribution is 0.0622. The summed E-state index contributed by atoms with van der Waals surface area (Å²) in [5.41, 5.74) is 1.20. The maximum Gasteiger partial charge on any atom is 0.256 e. The SMILES string of the molecule is Cc1nc(CN2CCN(C(=O)c3cc(Br)ccc3F)CC2)cs1. The van der Waals surface area contributed by atoms with Gasteiger partial charge in [-0.05, 0) is 25.1 Å². The number of piperazine rings is 1. The van der Waals surface area contributed by atoms with Crippen LogP contribution >= 0.6 is 27.3 Å². The summed E-state index contributed by atoms with van der Waals surface area (Å²) in [5, 5.41) is 3.14. The number of carbonyl (C=O) groups excluding carboxylic acids is 1. The van der Waals surface area contributed by atoms with Gasteiger partial charge in [-0.15, -0.1) is 11.3 Å². The van der Waals surface area contributed by atoms with Crippen LogP contribution in [0.25, 0.3) is 0 Å². The molecule has 0 atom stereocenters. The van der Waals surface area contributed by atoms with Crippen molar-refractivity contribution < 1.29 is 9.18 Å². The molecule has 1 aromatic heterocycles. The summed E-state index contributed by atoms with van der Waals surface area (Å²) in [6.45, 7) is 5.56. The largest absolute Gasteiger partial charge is 0.336 e. The lowest BCUT2D eigenvalue weighted by atomic mass is 10.1. The van der Waals surface area contributed by atoms with E-state index in [1.807, 2.05) is 6.92 Å². The molecule has 1 saturated heterocycles. The van der Waals surface area contributed by atoms with Gasteiger partial charge in [0.2, 0.25) is 0 Å². The molecule has 2 heterocycles. The molecule has 0 aliphatic carbocycles. The quantitative estimate of drug-likeness (QED) is 0.796. The van der Waals surface area contributed by atoms with E-state index in [2.05, 4.69) is 31.2 Å². The fraction of sp³-hybridized carbons (Fsp3) is 0.375. The monoisotopic (exact) mass is 397 g/mol. The maximum absolute atomic E-state index is 13.9. The Morgan fingerprint density at radius 2 is 2.09 bits per heavy atom. The molecule has 7 heteroatoms. The minimum Gasteiger partial charge on any atom is -0.336 e. The molecule has 3 rings (SSSR count). The van der Waals surface area contributed by atoms with E-state index in [1.54, 1.807) is 28.4 Å². The van der Waals surface area contributed by atoms with Crippen molar-refractivity contribution in [2.75, 3.05) is 26.2 Å². The normalized spacial score (nSPS) is 15.9. The summed E-state index contributed by atoms with van der Waals surface area (Å²) in [7, 11) is 0. The molecule has 0 saturated carbocycles. The van der Waals surface area contributed by atoms with Gasteiger partial charge in [0.05, 0.1) is 16.3 Å². The Morgan fingerprint density at radius 1 is 1.35 bits per heavy atom. The van der Waals surface area contributed by atoms with Gasteiger partial charge in [-0.2, -0.15) is 0 Å². The summed E-state index contributed by atoms with van der Waals surface area (Å²) in [4.78, 5) is 20.9. The van der Waals surface area contributed by atoms with Crippen LogP contribution in [-0.4, -0.2) is 46.9 Å². The summed E-state index contributed by atoms with van der Waals surface area (Å²) in [5.74, 6) is -0.716. The van der Waals surface area contributed by atoms with Crippen LogP contribution in [0.2, 0.25) is 0 Å². The number of rotatable bonds is 3. The fourth-order valence-electron chi connectivity index (χ4n) is 2.65. The predicted molar refractivity (Wildman–Crippen MR) is 92.1 cm³/mol. The summed E-state index contributed by atoms with van der Waals surface area (Å²) >= 11 is 4.94. The molecule has 1 aromatic carbocycles. The molecule has 1 aliphatic heterocycles. The van der Waals surface area contributed by atoms with Gasteiger partial charge in [-0.1, -0.05) is 15.9 Å². The van der Waals surface area contributed by atoms with Gasteiger partial charge in [0, 0.05) is 42.6 Å². The van der Waals surface area contributed by atoms with Crippen LogP contribution in [-0.2, 0) is 6.54 Å². The Hall–Kier alpha value is -1.31. The molecule has 0 N–H and O–H groups in total. The van der Waals surface area contributed by atoms with Crippen molar-refractivity contribution in [1.82, 2.24) is 14.8 Å². The van der Waals surface area contributed by atoms with E-state index in [1.165, 1.54) is 6.07 Å². The van der Waals surface area contributed by atoms with Crippen LogP contribution in [0, 0.1) is 12.7 Å². The molecular weight excluding hydrogens is 381 g/mol. The number of amides is 1. The minimum atomic E-state index is -0.474. The predicted octanol–water partition coefficient (Wildman–Crippen LogP) is 3.31. The Morgan fingerprint density at radius 3 is 2.74 bits per heavy atom. The first-order valence-corrected chi connectivity index (χ1v) is 9.08. The van der Waals surface area contributed by atoms with E-state index >= 15 is 0 Å². The van der Waals surface area contributed by atoms with Crippen LogP contribution in [0.3, 0.4) is 0 Å². The molecule has 0 spiro atoms. The first-order chi connectivity index (χ1) is 11.0. The molecule has 0 bridgehead atoms. The number of carbonyl (C=O) groups is 1. The molecule has 1 aliphatic rings. The van der Waals surface area contributed by atoms with Gasteiger partial charge in [-0.25, -0.2) is 9.37 Å². The van der Waals surface area contributed by atoms with Crippen molar-refractivity contribution in [2.24, 2.45) is 0 Å². The third-order valence-corrected chi connectivity index (χ3v) is 5.19. The lowest BCUT2D eigenvalue weighted by Crippen LogP contribution is -2.48. The number of thiazole rings is 1. The molecule has 4 nitrogen and oxygen atoms in total. The smallest absolute Gasteiger partial charge is 0.256 e. The van der Waals surface area contributed by atoms with Crippen LogP contribution < -0.4 is 0 Å². The minimum absolute atomic E-state index is 0.128. The van der Waals surface area contributed by atoms with Crippen molar-refractivity contribution in [2.45, 2.75) is 13.5 Å². The fourth-order valence-corrected chi connectivity index (χ4v) is 3.62. The van der Waals surface area contributed by atoms with E-state index in [0.29, 0.717) is 17.6 Å². The average Bonchev–Trinajstić information content (AvgIpc) is 2.95. The molecule has 0 radical (unpaired) electrons. The average molecular weight is 398 g/mol. The first-order valence-electron chi connectivity index (χ1n) is 7.40. The third kappa shape index (κ3) is 3.97. The second-order valence-electron chi connectivity index (χ2n) is 5.55. The van der Waals surface area contributed by atoms with Crippen molar-refractivity contribution in [3.63, 3.8) is 0 Å². The third-order valence-electron chi connectivity index (χ3n) is 3.87. The number of aromatic nitrogens is 1. The summed E-state index contributed by atoms with van der Waals surface area (Å²) in [6, 6.07) is 4.46. The number of aryl methyl sites for hydroxylation is 1. The van der Waals surface area contributed by atoms with E-state index in [0.717, 1.165) is 30.3 Å². The van der Waals surface area contributed by atoms with Gasteiger partial charge >= 0.3 is 0 Å². The van der Waals surface area contributed by atoms with E-state index < -0.39 is 5.82 Å². The standard InChI is InChI=1S/C16H17BrFN3OS/c1-11-19-13(10-23-11)9-20-4-6-21(7-5-20)16(22)14-8-12(17)2-3-15(14)18/h2-3,8,10H,4-7,9H2,1H3. The van der Waals surface area contributed by atoms with Gasteiger partial charge in [0.25, 0.3) is 5.91 Å². The van der Waals surface area contributed by atoms with Crippen molar-refractivity contribution in [1.29, 1.82) is 0 Å². The van der Waals surface area contributed by atoms with Crippen molar-refractivity contribution >= 4 is 33.2 Å². The van der Waals surface area contributed by atoms with Gasteiger partial charge in [0.15, 0.2) is 0 Å².